The number of halogens is 1. The minimum absolute atomic E-state index is 0.0188. The lowest BCUT2D eigenvalue weighted by molar-refractivity contribution is 0.0318. The summed E-state index contributed by atoms with van der Waals surface area (Å²) in [6.45, 7) is 4.98. The van der Waals surface area contributed by atoms with Crippen LogP contribution < -0.4 is 5.73 Å². The van der Waals surface area contributed by atoms with Crippen molar-refractivity contribution in [1.29, 1.82) is 0 Å². The van der Waals surface area contributed by atoms with E-state index in [9.17, 15) is 0 Å². The molecule has 2 nitrogen and oxygen atoms in total. The van der Waals surface area contributed by atoms with Crippen molar-refractivity contribution in [3.8, 4) is 0 Å². The maximum absolute atomic E-state index is 6.11. The second-order valence-corrected chi connectivity index (χ2v) is 4.71. The van der Waals surface area contributed by atoms with Gasteiger partial charge in [-0.25, -0.2) is 0 Å². The first-order chi connectivity index (χ1) is 8.19. The van der Waals surface area contributed by atoms with Gasteiger partial charge in [-0.15, -0.1) is 0 Å². The summed E-state index contributed by atoms with van der Waals surface area (Å²) in [6.07, 6.45) is 3.03. The second-order valence-electron chi connectivity index (χ2n) is 4.27. The molecule has 3 heteroatoms. The van der Waals surface area contributed by atoms with Crippen LogP contribution in [0, 0.1) is 0 Å². The van der Waals surface area contributed by atoms with Crippen LogP contribution in [0.1, 0.15) is 44.8 Å². The zero-order valence-electron chi connectivity index (χ0n) is 10.7. The lowest BCUT2D eigenvalue weighted by Crippen LogP contribution is -2.29. The molecule has 0 saturated heterocycles. The molecule has 0 heterocycles. The molecule has 1 aromatic rings. The molecule has 2 N–H and O–H groups in total. The minimum atomic E-state index is -0.0507. The van der Waals surface area contributed by atoms with Crippen molar-refractivity contribution in [3.05, 3.63) is 34.9 Å². The summed E-state index contributed by atoms with van der Waals surface area (Å²) in [5.74, 6) is 0. The molecule has 0 saturated carbocycles. The van der Waals surface area contributed by atoms with Crippen LogP contribution in [-0.4, -0.2) is 12.6 Å². The third-order valence-corrected chi connectivity index (χ3v) is 3.07. The van der Waals surface area contributed by atoms with Gasteiger partial charge in [0.25, 0.3) is 0 Å². The lowest BCUT2D eigenvalue weighted by Gasteiger charge is -2.24. The highest BCUT2D eigenvalue weighted by molar-refractivity contribution is 6.30. The topological polar surface area (TPSA) is 35.2 Å². The third-order valence-electron chi connectivity index (χ3n) is 2.83. The van der Waals surface area contributed by atoms with Crippen molar-refractivity contribution < 1.29 is 4.74 Å². The van der Waals surface area contributed by atoms with Crippen molar-refractivity contribution in [3.63, 3.8) is 0 Å². The van der Waals surface area contributed by atoms with Gasteiger partial charge in [-0.3, -0.25) is 0 Å². The van der Waals surface area contributed by atoms with E-state index in [1.165, 1.54) is 0 Å². The van der Waals surface area contributed by atoms with Crippen molar-refractivity contribution in [2.45, 2.75) is 45.3 Å². The zero-order valence-corrected chi connectivity index (χ0v) is 11.4. The van der Waals surface area contributed by atoms with Gasteiger partial charge in [0.2, 0.25) is 0 Å². The Bertz CT molecular complexity index is 330. The highest BCUT2D eigenvalue weighted by Crippen LogP contribution is 2.24. The van der Waals surface area contributed by atoms with E-state index in [1.54, 1.807) is 0 Å². The van der Waals surface area contributed by atoms with Crippen molar-refractivity contribution in [1.82, 2.24) is 0 Å². The summed E-state index contributed by atoms with van der Waals surface area (Å²) in [4.78, 5) is 0. The molecule has 0 fully saturated rings. The van der Waals surface area contributed by atoms with Crippen LogP contribution in [0.2, 0.25) is 5.02 Å². The molecule has 17 heavy (non-hydrogen) atoms. The number of unbranched alkanes of at least 4 members (excludes halogenated alkanes) is 1. The van der Waals surface area contributed by atoms with Gasteiger partial charge in [0.15, 0.2) is 0 Å². The molecule has 2 atom stereocenters. The SMILES string of the molecule is CCCCOC(c1cccc(Cl)c1)C(N)CC. The highest BCUT2D eigenvalue weighted by Gasteiger charge is 2.19. The molecule has 0 aliphatic carbocycles. The average molecular weight is 256 g/mol. The van der Waals surface area contributed by atoms with E-state index >= 15 is 0 Å². The monoisotopic (exact) mass is 255 g/mol. The van der Waals surface area contributed by atoms with Crippen LogP contribution in [0.15, 0.2) is 24.3 Å². The van der Waals surface area contributed by atoms with Gasteiger partial charge in [0.05, 0.1) is 6.10 Å². The number of benzene rings is 1. The molecule has 96 valence electrons. The zero-order chi connectivity index (χ0) is 12.7. The first-order valence-corrected chi connectivity index (χ1v) is 6.69. The van der Waals surface area contributed by atoms with Gasteiger partial charge < -0.3 is 10.5 Å². The number of ether oxygens (including phenoxy) is 1. The Morgan fingerprint density at radius 3 is 2.71 bits per heavy atom. The molecule has 1 aromatic carbocycles. The maximum Gasteiger partial charge on any atom is 0.0976 e. The van der Waals surface area contributed by atoms with Gasteiger partial charge in [-0.2, -0.15) is 0 Å². The molecule has 0 bridgehead atoms. The van der Waals surface area contributed by atoms with Crippen molar-refractivity contribution in [2.75, 3.05) is 6.61 Å². The molecule has 0 amide bonds. The van der Waals surface area contributed by atoms with E-state index in [0.29, 0.717) is 0 Å². The highest BCUT2D eigenvalue weighted by atomic mass is 35.5. The Hall–Kier alpha value is -0.570. The second kappa shape index (κ2) is 7.70. The predicted molar refractivity (Wildman–Crippen MR) is 73.3 cm³/mol. The van der Waals surface area contributed by atoms with Gasteiger partial charge in [-0.1, -0.05) is 44.0 Å². The van der Waals surface area contributed by atoms with E-state index in [0.717, 1.165) is 36.5 Å². The molecule has 0 aromatic heterocycles. The Morgan fingerprint density at radius 2 is 2.12 bits per heavy atom. The number of rotatable bonds is 7. The van der Waals surface area contributed by atoms with E-state index in [4.69, 9.17) is 22.1 Å². The van der Waals surface area contributed by atoms with Crippen LogP contribution in [0.25, 0.3) is 0 Å². The Kier molecular flexibility index (Phi) is 6.56. The van der Waals surface area contributed by atoms with Crippen LogP contribution in [0.3, 0.4) is 0 Å². The molecular formula is C14H22ClNO. The average Bonchev–Trinajstić information content (AvgIpc) is 2.34. The molecule has 1 rings (SSSR count). The largest absolute Gasteiger partial charge is 0.372 e. The van der Waals surface area contributed by atoms with Gasteiger partial charge >= 0.3 is 0 Å². The molecule has 0 radical (unpaired) electrons. The standard InChI is InChI=1S/C14H22ClNO/c1-3-5-9-17-14(13(16)4-2)11-7-6-8-12(15)10-11/h6-8,10,13-14H,3-5,9,16H2,1-2H3. The maximum atomic E-state index is 6.11. The predicted octanol–water partition coefficient (Wildman–Crippen LogP) is 3.94. The van der Waals surface area contributed by atoms with Crippen LogP contribution in [0.4, 0.5) is 0 Å². The third kappa shape index (κ3) is 4.66. The molecule has 2 unspecified atom stereocenters. The van der Waals surface area contributed by atoms with E-state index in [2.05, 4.69) is 13.8 Å². The lowest BCUT2D eigenvalue weighted by atomic mass is 10.0. The van der Waals surface area contributed by atoms with Crippen molar-refractivity contribution >= 4 is 11.6 Å². The fourth-order valence-electron chi connectivity index (χ4n) is 1.72. The van der Waals surface area contributed by atoms with Crippen molar-refractivity contribution in [2.24, 2.45) is 5.73 Å². The first kappa shape index (κ1) is 14.5. The summed E-state index contributed by atoms with van der Waals surface area (Å²) in [5.41, 5.74) is 7.19. The summed E-state index contributed by atoms with van der Waals surface area (Å²) < 4.78 is 5.89. The minimum Gasteiger partial charge on any atom is -0.372 e. The normalized spacial score (nSPS) is 14.6. The number of hydrogen-bond donors (Lipinski definition) is 1. The van der Waals surface area contributed by atoms with Crippen LogP contribution >= 0.6 is 11.6 Å². The Labute approximate surface area is 109 Å². The smallest absolute Gasteiger partial charge is 0.0976 e. The van der Waals surface area contributed by atoms with Crippen LogP contribution in [0.5, 0.6) is 0 Å². The summed E-state index contributed by atoms with van der Waals surface area (Å²) in [7, 11) is 0. The molecule has 0 aliphatic rings. The fraction of sp³-hybridized carbons (Fsp3) is 0.571. The fourth-order valence-corrected chi connectivity index (χ4v) is 1.92. The molecular weight excluding hydrogens is 234 g/mol. The first-order valence-electron chi connectivity index (χ1n) is 6.31. The Balaban J connectivity index is 2.74. The van der Waals surface area contributed by atoms with E-state index < -0.39 is 0 Å². The molecule has 0 aliphatic heterocycles. The van der Waals surface area contributed by atoms with Gasteiger partial charge in [0.1, 0.15) is 0 Å². The summed E-state index contributed by atoms with van der Waals surface area (Å²) in [5, 5.41) is 0.731. The van der Waals surface area contributed by atoms with Gasteiger partial charge in [0, 0.05) is 17.7 Å². The van der Waals surface area contributed by atoms with E-state index in [1.807, 2.05) is 24.3 Å². The van der Waals surface area contributed by atoms with Gasteiger partial charge in [-0.05, 0) is 30.5 Å². The quantitative estimate of drug-likeness (QED) is 0.749. The van der Waals surface area contributed by atoms with Crippen LogP contribution in [-0.2, 0) is 4.74 Å². The number of nitrogens with two attached hydrogens (primary N) is 1. The Morgan fingerprint density at radius 1 is 1.35 bits per heavy atom. The molecule has 0 spiro atoms. The van der Waals surface area contributed by atoms with E-state index in [-0.39, 0.29) is 12.1 Å². The number of hydrogen-bond acceptors (Lipinski definition) is 2. The summed E-state index contributed by atoms with van der Waals surface area (Å²) in [6, 6.07) is 7.79. The summed E-state index contributed by atoms with van der Waals surface area (Å²) >= 11 is 6.00.